The lowest BCUT2D eigenvalue weighted by Crippen LogP contribution is -2.36. The molecule has 6 rings (SSSR count). The molecule has 42 heavy (non-hydrogen) atoms. The van der Waals surface area contributed by atoms with Crippen molar-refractivity contribution in [3.8, 4) is 33.8 Å². The molecule has 2 atom stereocenters. The first-order valence-electron chi connectivity index (χ1n) is 14.3. The van der Waals surface area contributed by atoms with E-state index in [1.165, 1.54) is 4.90 Å². The average molecular weight is 571 g/mol. The van der Waals surface area contributed by atoms with E-state index in [1.54, 1.807) is 11.1 Å². The summed E-state index contributed by atoms with van der Waals surface area (Å²) in [5.74, 6) is 1.57. The van der Waals surface area contributed by atoms with E-state index in [9.17, 15) is 14.7 Å². The van der Waals surface area contributed by atoms with Crippen LogP contribution in [0.15, 0.2) is 59.3 Å². The van der Waals surface area contributed by atoms with Gasteiger partial charge in [-0.3, -0.25) is 9.80 Å². The number of carbonyl (C=O) groups excluding carboxylic acids is 1. The van der Waals surface area contributed by atoms with E-state index in [2.05, 4.69) is 20.1 Å². The van der Waals surface area contributed by atoms with Crippen LogP contribution in [0.2, 0.25) is 0 Å². The average Bonchev–Trinajstić information content (AvgIpc) is 3.78. The predicted molar refractivity (Wildman–Crippen MR) is 154 cm³/mol. The van der Waals surface area contributed by atoms with Gasteiger partial charge in [0.15, 0.2) is 0 Å². The zero-order valence-electron chi connectivity index (χ0n) is 23.9. The van der Waals surface area contributed by atoms with E-state index in [0.29, 0.717) is 30.6 Å². The van der Waals surface area contributed by atoms with E-state index in [4.69, 9.17) is 9.26 Å². The smallest absolute Gasteiger partial charge is 0.410 e. The molecule has 0 bridgehead atoms. The van der Waals surface area contributed by atoms with E-state index in [1.807, 2.05) is 69.3 Å². The number of hydrogen-bond donors (Lipinski definition) is 2. The number of carbonyl (C=O) groups is 2. The number of hydrogen-bond acceptors (Lipinski definition) is 7. The number of carboxylic acid groups (broad SMARTS) is 1. The van der Waals surface area contributed by atoms with Gasteiger partial charge >= 0.3 is 12.2 Å². The highest BCUT2D eigenvalue weighted by Gasteiger charge is 2.37. The molecule has 0 radical (unpaired) electrons. The van der Waals surface area contributed by atoms with Crippen LogP contribution in [0.1, 0.15) is 70.3 Å². The Morgan fingerprint density at radius 2 is 1.50 bits per heavy atom. The van der Waals surface area contributed by atoms with Gasteiger partial charge in [0, 0.05) is 18.7 Å². The van der Waals surface area contributed by atoms with Gasteiger partial charge in [-0.15, -0.1) is 0 Å². The highest BCUT2D eigenvalue weighted by Crippen LogP contribution is 2.34. The Morgan fingerprint density at radius 1 is 0.905 bits per heavy atom. The normalized spacial score (nSPS) is 18.9. The van der Waals surface area contributed by atoms with Crippen LogP contribution in [0.4, 0.5) is 9.59 Å². The van der Waals surface area contributed by atoms with Gasteiger partial charge in [-0.05, 0) is 63.1 Å². The van der Waals surface area contributed by atoms with Crippen LogP contribution in [-0.2, 0) is 4.74 Å². The largest absolute Gasteiger partial charge is 0.465 e. The van der Waals surface area contributed by atoms with Crippen molar-refractivity contribution in [2.45, 2.75) is 64.1 Å². The predicted octanol–water partition coefficient (Wildman–Crippen LogP) is 6.68. The molecule has 0 spiro atoms. The molecular weight excluding hydrogens is 536 g/mol. The van der Waals surface area contributed by atoms with Crippen LogP contribution < -0.4 is 0 Å². The van der Waals surface area contributed by atoms with Crippen molar-refractivity contribution in [1.82, 2.24) is 29.9 Å². The first kappa shape index (κ1) is 27.5. The molecule has 4 heterocycles. The van der Waals surface area contributed by atoms with Crippen LogP contribution in [0, 0.1) is 0 Å². The van der Waals surface area contributed by atoms with E-state index < -0.39 is 11.7 Å². The molecule has 2 N–H and O–H groups in total. The SMILES string of the molecule is CC(C)(C)OC(=O)N1CCC[C@H]1c1nc(-c2ccc(-c3ccc(-c4cnc([C@@H]5CCCN5C(=O)O)[nH]4)cc3)cc2)no1. The summed E-state index contributed by atoms with van der Waals surface area (Å²) in [5, 5.41) is 13.6. The molecule has 0 aliphatic carbocycles. The summed E-state index contributed by atoms with van der Waals surface area (Å²) in [5.41, 5.74) is 4.15. The maximum Gasteiger partial charge on any atom is 0.410 e. The monoisotopic (exact) mass is 570 g/mol. The standard InChI is InChI=1S/C31H34N6O5/c1-31(2,3)41-30(40)37-17-5-7-25(37)28-34-26(35-42-28)22-14-10-20(11-15-22)19-8-12-21(13-9-19)23-18-32-27(33-23)24-6-4-16-36(24)29(38)39/h8-15,18,24-25H,4-7,16-17H2,1-3H3,(H,32,33)(H,38,39)/t24-,25-/m0/s1. The minimum absolute atomic E-state index is 0.230. The Kier molecular flexibility index (Phi) is 7.17. The molecule has 11 nitrogen and oxygen atoms in total. The minimum atomic E-state index is -0.913. The molecular formula is C31H34N6O5. The topological polar surface area (TPSA) is 138 Å². The highest BCUT2D eigenvalue weighted by molar-refractivity contribution is 5.71. The van der Waals surface area contributed by atoms with Crippen LogP contribution in [0.5, 0.6) is 0 Å². The van der Waals surface area contributed by atoms with Crippen molar-refractivity contribution < 1.29 is 24.0 Å². The number of imidazole rings is 1. The quantitative estimate of drug-likeness (QED) is 0.271. The zero-order chi connectivity index (χ0) is 29.4. The Morgan fingerprint density at radius 3 is 2.14 bits per heavy atom. The highest BCUT2D eigenvalue weighted by atomic mass is 16.6. The maximum atomic E-state index is 12.7. The molecule has 2 aromatic carbocycles. The number of aromatic amines is 1. The maximum absolute atomic E-state index is 12.7. The van der Waals surface area contributed by atoms with Gasteiger partial charge in [-0.2, -0.15) is 4.98 Å². The summed E-state index contributed by atoms with van der Waals surface area (Å²) in [6, 6.07) is 15.5. The lowest BCUT2D eigenvalue weighted by Gasteiger charge is -2.26. The minimum Gasteiger partial charge on any atom is -0.465 e. The van der Waals surface area contributed by atoms with E-state index >= 15 is 0 Å². The lowest BCUT2D eigenvalue weighted by atomic mass is 10.0. The Hall–Kier alpha value is -4.67. The third-order valence-electron chi connectivity index (χ3n) is 7.69. The molecule has 2 saturated heterocycles. The van der Waals surface area contributed by atoms with Crippen molar-refractivity contribution in [3.63, 3.8) is 0 Å². The van der Waals surface area contributed by atoms with Crippen LogP contribution in [0.25, 0.3) is 33.8 Å². The van der Waals surface area contributed by atoms with Gasteiger partial charge in [0.1, 0.15) is 17.5 Å². The van der Waals surface area contributed by atoms with Gasteiger partial charge in [0.2, 0.25) is 11.7 Å². The van der Waals surface area contributed by atoms with Gasteiger partial charge in [0.25, 0.3) is 0 Å². The van der Waals surface area contributed by atoms with E-state index in [0.717, 1.165) is 53.6 Å². The van der Waals surface area contributed by atoms with Gasteiger partial charge in [0.05, 0.1) is 17.9 Å². The molecule has 2 fully saturated rings. The molecule has 0 unspecified atom stereocenters. The number of aromatic nitrogens is 4. The third-order valence-corrected chi connectivity index (χ3v) is 7.69. The molecule has 2 aliphatic heterocycles. The second kappa shape index (κ2) is 11.0. The summed E-state index contributed by atoms with van der Waals surface area (Å²) in [6.45, 7) is 6.67. The number of H-pyrrole nitrogens is 1. The van der Waals surface area contributed by atoms with Crippen LogP contribution in [-0.4, -0.2) is 65.9 Å². The first-order valence-corrected chi connectivity index (χ1v) is 14.3. The van der Waals surface area contributed by atoms with Gasteiger partial charge in [-0.1, -0.05) is 53.7 Å². The van der Waals surface area contributed by atoms with Crippen molar-refractivity contribution in [3.05, 3.63) is 66.4 Å². The molecule has 4 aromatic rings. The molecule has 218 valence electrons. The summed E-state index contributed by atoms with van der Waals surface area (Å²) in [7, 11) is 0. The van der Waals surface area contributed by atoms with Crippen LogP contribution in [0.3, 0.4) is 0 Å². The van der Waals surface area contributed by atoms with Crippen molar-refractivity contribution >= 4 is 12.2 Å². The Bertz CT molecular complexity index is 1570. The summed E-state index contributed by atoms with van der Waals surface area (Å²) >= 11 is 0. The Labute approximate surface area is 243 Å². The first-order chi connectivity index (χ1) is 20.2. The summed E-state index contributed by atoms with van der Waals surface area (Å²) in [4.78, 5) is 39.7. The molecule has 2 aromatic heterocycles. The van der Waals surface area contributed by atoms with Gasteiger partial charge < -0.3 is 19.4 Å². The number of ether oxygens (including phenoxy) is 1. The molecule has 2 aliphatic rings. The van der Waals surface area contributed by atoms with Crippen molar-refractivity contribution in [2.75, 3.05) is 13.1 Å². The molecule has 0 saturated carbocycles. The summed E-state index contributed by atoms with van der Waals surface area (Å²) < 4.78 is 11.1. The van der Waals surface area contributed by atoms with Gasteiger partial charge in [-0.25, -0.2) is 14.6 Å². The second-order valence-electron chi connectivity index (χ2n) is 11.8. The van der Waals surface area contributed by atoms with E-state index in [-0.39, 0.29) is 18.2 Å². The number of likely N-dealkylation sites (tertiary alicyclic amines) is 2. The number of benzene rings is 2. The second-order valence-corrected chi connectivity index (χ2v) is 11.8. The fourth-order valence-electron chi connectivity index (χ4n) is 5.64. The number of nitrogens with one attached hydrogen (secondary N) is 1. The molecule has 2 amide bonds. The fourth-order valence-corrected chi connectivity index (χ4v) is 5.64. The number of amides is 2. The Balaban J connectivity index is 1.13. The third kappa shape index (κ3) is 5.59. The molecule has 11 heteroatoms. The summed E-state index contributed by atoms with van der Waals surface area (Å²) in [6.07, 6.45) is 3.68. The zero-order valence-corrected chi connectivity index (χ0v) is 23.9. The number of rotatable bonds is 5. The lowest BCUT2D eigenvalue weighted by molar-refractivity contribution is 0.0199. The number of nitrogens with zero attached hydrogens (tertiary/aromatic N) is 5. The fraction of sp³-hybridized carbons (Fsp3) is 0.387. The van der Waals surface area contributed by atoms with Crippen LogP contribution >= 0.6 is 0 Å². The van der Waals surface area contributed by atoms with Crippen molar-refractivity contribution in [2.24, 2.45) is 0 Å². The van der Waals surface area contributed by atoms with Crippen molar-refractivity contribution in [1.29, 1.82) is 0 Å².